The van der Waals surface area contributed by atoms with E-state index in [1.807, 2.05) is 0 Å². The highest BCUT2D eigenvalue weighted by Gasteiger charge is 2.42. The standard InChI is InChI=1S/C21H19F3N6O3S2/c1-21(10-35(31,32)30(2)20(25)29-21)14-3-12(5-16(23)19(14)24)4-15(22)17-6-27-18(7-26-17)33-8-13-9-34-11-28-13/h3-7,9,11H,8,10H2,1-2H3,(H2,25,29)/b15-4-/t21-/m0/s1. The Hall–Kier alpha value is -3.52. The molecule has 1 aromatic carbocycles. The van der Waals surface area contributed by atoms with Gasteiger partial charge in [-0.05, 0) is 30.7 Å². The van der Waals surface area contributed by atoms with Gasteiger partial charge in [-0.25, -0.2) is 45.8 Å². The normalized spacial score (nSPS) is 20.0. The maximum atomic E-state index is 14.8. The number of halogens is 3. The molecule has 1 atom stereocenters. The van der Waals surface area contributed by atoms with Gasteiger partial charge in [-0.2, -0.15) is 0 Å². The molecule has 0 radical (unpaired) electrons. The summed E-state index contributed by atoms with van der Waals surface area (Å²) in [4.78, 5) is 16.1. The van der Waals surface area contributed by atoms with Gasteiger partial charge in [0.15, 0.2) is 17.5 Å². The number of guanidine groups is 1. The first kappa shape index (κ1) is 24.6. The zero-order chi connectivity index (χ0) is 25.4. The number of sulfonamides is 1. The van der Waals surface area contributed by atoms with Crippen LogP contribution < -0.4 is 10.5 Å². The highest BCUT2D eigenvalue weighted by molar-refractivity contribution is 7.89. The molecule has 1 aliphatic heterocycles. The van der Waals surface area contributed by atoms with Gasteiger partial charge in [0.05, 0.1) is 29.4 Å². The van der Waals surface area contributed by atoms with Crippen LogP contribution in [0, 0.1) is 11.6 Å². The Balaban J connectivity index is 1.62. The molecule has 3 aromatic rings. The van der Waals surface area contributed by atoms with Crippen molar-refractivity contribution in [3.8, 4) is 5.88 Å². The first-order valence-corrected chi connectivity index (χ1v) is 12.5. The summed E-state index contributed by atoms with van der Waals surface area (Å²) in [5.41, 5.74) is 5.70. The summed E-state index contributed by atoms with van der Waals surface area (Å²) in [6.07, 6.45) is 3.26. The van der Waals surface area contributed by atoms with E-state index in [9.17, 15) is 21.6 Å². The monoisotopic (exact) mass is 524 g/mol. The Labute approximate surface area is 202 Å². The van der Waals surface area contributed by atoms with Crippen molar-refractivity contribution in [2.75, 3.05) is 12.8 Å². The average molecular weight is 525 g/mol. The SMILES string of the molecule is CN1C(N)=N[C@](C)(c2cc(/C=C(\F)c3cnc(OCc4cscn4)cn3)cc(F)c2F)CS1(=O)=O. The lowest BCUT2D eigenvalue weighted by molar-refractivity contribution is 0.288. The van der Waals surface area contributed by atoms with Gasteiger partial charge >= 0.3 is 0 Å². The van der Waals surface area contributed by atoms with Crippen molar-refractivity contribution < 1.29 is 26.3 Å². The van der Waals surface area contributed by atoms with Crippen molar-refractivity contribution in [1.29, 1.82) is 0 Å². The smallest absolute Gasteiger partial charge is 0.239 e. The van der Waals surface area contributed by atoms with Gasteiger partial charge in [0, 0.05) is 18.0 Å². The van der Waals surface area contributed by atoms with Crippen molar-refractivity contribution >= 4 is 39.2 Å². The number of benzene rings is 1. The lowest BCUT2D eigenvalue weighted by Crippen LogP contribution is -2.50. The number of nitrogens with two attached hydrogens (primary N) is 1. The van der Waals surface area contributed by atoms with Crippen molar-refractivity contribution in [3.63, 3.8) is 0 Å². The Morgan fingerprint density at radius 1 is 1.29 bits per heavy atom. The van der Waals surface area contributed by atoms with Crippen LogP contribution in [0.1, 0.15) is 29.4 Å². The lowest BCUT2D eigenvalue weighted by atomic mass is 9.92. The van der Waals surface area contributed by atoms with Crippen molar-refractivity contribution in [2.45, 2.75) is 19.1 Å². The molecule has 3 heterocycles. The quantitative estimate of drug-likeness (QED) is 0.526. The van der Waals surface area contributed by atoms with Crippen molar-refractivity contribution in [1.82, 2.24) is 19.3 Å². The summed E-state index contributed by atoms with van der Waals surface area (Å²) in [7, 11) is -2.73. The maximum Gasteiger partial charge on any atom is 0.239 e. The van der Waals surface area contributed by atoms with E-state index < -0.39 is 38.8 Å². The highest BCUT2D eigenvalue weighted by atomic mass is 32.2. The van der Waals surface area contributed by atoms with Crippen molar-refractivity contribution in [2.24, 2.45) is 10.7 Å². The fourth-order valence-corrected chi connectivity index (χ4v) is 5.36. The molecule has 35 heavy (non-hydrogen) atoms. The van der Waals surface area contributed by atoms with Gasteiger partial charge in [-0.15, -0.1) is 11.3 Å². The van der Waals surface area contributed by atoms with Crippen LogP contribution in [0.2, 0.25) is 0 Å². The third-order valence-electron chi connectivity index (χ3n) is 5.21. The molecule has 9 nitrogen and oxygen atoms in total. The largest absolute Gasteiger partial charge is 0.470 e. The number of nitrogens with zero attached hydrogens (tertiary/aromatic N) is 5. The molecule has 0 saturated heterocycles. The summed E-state index contributed by atoms with van der Waals surface area (Å²) in [6, 6.07) is 1.89. The minimum absolute atomic E-state index is 0.0756. The van der Waals surface area contributed by atoms with E-state index in [4.69, 9.17) is 10.5 Å². The van der Waals surface area contributed by atoms with E-state index in [1.165, 1.54) is 31.5 Å². The van der Waals surface area contributed by atoms with Gasteiger partial charge in [0.1, 0.15) is 17.8 Å². The predicted molar refractivity (Wildman–Crippen MR) is 124 cm³/mol. The van der Waals surface area contributed by atoms with Gasteiger partial charge in [0.2, 0.25) is 21.9 Å². The number of thiazole rings is 1. The van der Waals surface area contributed by atoms with Crippen LogP contribution in [0.25, 0.3) is 11.9 Å². The minimum atomic E-state index is -3.93. The minimum Gasteiger partial charge on any atom is -0.470 e. The molecule has 0 bridgehead atoms. The van der Waals surface area contributed by atoms with E-state index >= 15 is 0 Å². The molecule has 4 rings (SSSR count). The molecule has 184 valence electrons. The maximum absolute atomic E-state index is 14.8. The summed E-state index contributed by atoms with van der Waals surface area (Å²) in [5, 5.41) is 1.81. The highest BCUT2D eigenvalue weighted by Crippen LogP contribution is 2.35. The number of aromatic nitrogens is 3. The van der Waals surface area contributed by atoms with Gasteiger partial charge < -0.3 is 10.5 Å². The Bertz CT molecular complexity index is 1410. The predicted octanol–water partition coefficient (Wildman–Crippen LogP) is 3.06. The Morgan fingerprint density at radius 2 is 2.06 bits per heavy atom. The first-order chi connectivity index (χ1) is 16.5. The molecule has 0 aliphatic carbocycles. The van der Waals surface area contributed by atoms with Crippen LogP contribution in [0.5, 0.6) is 5.88 Å². The van der Waals surface area contributed by atoms with Crippen LogP contribution in [0.3, 0.4) is 0 Å². The van der Waals surface area contributed by atoms with E-state index in [0.29, 0.717) is 5.69 Å². The molecule has 0 spiro atoms. The van der Waals surface area contributed by atoms with Crippen molar-refractivity contribution in [3.05, 3.63) is 69.6 Å². The number of hydrogen-bond donors (Lipinski definition) is 1. The number of aliphatic imine (C=N–C) groups is 1. The third kappa shape index (κ3) is 5.12. The topological polar surface area (TPSA) is 124 Å². The molecule has 2 aromatic heterocycles. The molecule has 0 unspecified atom stereocenters. The van der Waals surface area contributed by atoms with Gasteiger partial charge in [0.25, 0.3) is 0 Å². The second kappa shape index (κ2) is 9.26. The zero-order valence-electron chi connectivity index (χ0n) is 18.4. The molecule has 0 fully saturated rings. The average Bonchev–Trinajstić information content (AvgIpc) is 3.32. The van der Waals surface area contributed by atoms with Crippen LogP contribution in [-0.2, 0) is 22.2 Å². The van der Waals surface area contributed by atoms with E-state index in [0.717, 1.165) is 28.7 Å². The number of rotatable bonds is 6. The second-order valence-corrected chi connectivity index (χ2v) is 10.6. The third-order valence-corrected chi connectivity index (χ3v) is 7.80. The summed E-state index contributed by atoms with van der Waals surface area (Å²) in [6.45, 7) is 1.48. The molecule has 14 heteroatoms. The molecule has 1 aliphatic rings. The Kier molecular flexibility index (Phi) is 6.51. The molecular weight excluding hydrogens is 505 g/mol. The first-order valence-electron chi connectivity index (χ1n) is 9.99. The van der Waals surface area contributed by atoms with Crippen LogP contribution in [0.4, 0.5) is 13.2 Å². The van der Waals surface area contributed by atoms with Crippen LogP contribution >= 0.6 is 11.3 Å². The summed E-state index contributed by atoms with van der Waals surface area (Å²) in [5.74, 6) is -4.37. The Morgan fingerprint density at radius 3 is 2.69 bits per heavy atom. The molecular formula is C21H19F3N6O3S2. The fraction of sp³-hybridized carbons (Fsp3) is 0.238. The van der Waals surface area contributed by atoms with Crippen LogP contribution in [0.15, 0.2) is 40.4 Å². The fourth-order valence-electron chi connectivity index (χ4n) is 3.36. The van der Waals surface area contributed by atoms with E-state index in [2.05, 4.69) is 19.9 Å². The van der Waals surface area contributed by atoms with Gasteiger partial charge in [-0.3, -0.25) is 0 Å². The van der Waals surface area contributed by atoms with Gasteiger partial charge in [-0.1, -0.05) is 0 Å². The van der Waals surface area contributed by atoms with Crippen LogP contribution in [-0.4, -0.2) is 46.4 Å². The molecule has 0 saturated carbocycles. The summed E-state index contributed by atoms with van der Waals surface area (Å²) < 4.78 is 75.0. The lowest BCUT2D eigenvalue weighted by Gasteiger charge is -2.34. The number of ether oxygens (including phenoxy) is 1. The zero-order valence-corrected chi connectivity index (χ0v) is 20.1. The molecule has 0 amide bonds. The van der Waals surface area contributed by atoms with E-state index in [1.54, 1.807) is 10.9 Å². The van der Waals surface area contributed by atoms with E-state index in [-0.39, 0.29) is 35.3 Å². The number of hydrogen-bond acceptors (Lipinski definition) is 9. The summed E-state index contributed by atoms with van der Waals surface area (Å²) >= 11 is 1.41. The molecule has 2 N–H and O–H groups in total. The second-order valence-electron chi connectivity index (χ2n) is 7.83.